The summed E-state index contributed by atoms with van der Waals surface area (Å²) in [7, 11) is 1.98. The van der Waals surface area contributed by atoms with Crippen molar-refractivity contribution in [1.29, 1.82) is 0 Å². The van der Waals surface area contributed by atoms with Crippen molar-refractivity contribution in [3.05, 3.63) is 28.8 Å². The molecule has 0 aliphatic carbocycles. The summed E-state index contributed by atoms with van der Waals surface area (Å²) in [5, 5.41) is 4.42. The Labute approximate surface area is 102 Å². The van der Waals surface area contributed by atoms with Crippen molar-refractivity contribution in [2.24, 2.45) is 12.8 Å². The van der Waals surface area contributed by atoms with Crippen LogP contribution in [0.3, 0.4) is 0 Å². The topological polar surface area (TPSA) is 53.1 Å². The second-order valence-electron chi connectivity index (χ2n) is 4.66. The van der Waals surface area contributed by atoms with Crippen LogP contribution >= 0.6 is 0 Å². The molecular formula is C13H21N3O. The van der Waals surface area contributed by atoms with Gasteiger partial charge in [-0.1, -0.05) is 0 Å². The molecule has 0 bridgehead atoms. The van der Waals surface area contributed by atoms with Crippen molar-refractivity contribution >= 4 is 0 Å². The van der Waals surface area contributed by atoms with Gasteiger partial charge in [0.15, 0.2) is 0 Å². The van der Waals surface area contributed by atoms with E-state index in [1.165, 1.54) is 11.3 Å². The Bertz CT molecular complexity index is 434. The Hall–Kier alpha value is -1.29. The van der Waals surface area contributed by atoms with Crippen LogP contribution < -0.4 is 5.73 Å². The molecule has 1 unspecified atom stereocenters. The van der Waals surface area contributed by atoms with E-state index in [0.29, 0.717) is 0 Å². The van der Waals surface area contributed by atoms with E-state index in [-0.39, 0.29) is 6.04 Å². The molecule has 0 radical (unpaired) electrons. The summed E-state index contributed by atoms with van der Waals surface area (Å²) in [6.07, 6.45) is 4.98. The zero-order valence-corrected chi connectivity index (χ0v) is 10.9. The standard InChI is InChI=1S/C13H21N3O/c1-9-11(10(2)16(3)15-9)6-7-12(14)13-5-4-8-17-13/h5,12H,4,6-8,14H2,1-3H3. The highest BCUT2D eigenvalue weighted by Gasteiger charge is 2.16. The van der Waals surface area contributed by atoms with Crippen LogP contribution in [0, 0.1) is 13.8 Å². The van der Waals surface area contributed by atoms with E-state index in [1.807, 2.05) is 11.7 Å². The van der Waals surface area contributed by atoms with E-state index in [9.17, 15) is 0 Å². The SMILES string of the molecule is Cc1nn(C)c(C)c1CCC(N)C1=CCCO1. The van der Waals surface area contributed by atoms with E-state index in [4.69, 9.17) is 10.5 Å². The van der Waals surface area contributed by atoms with Gasteiger partial charge in [-0.2, -0.15) is 5.10 Å². The summed E-state index contributed by atoms with van der Waals surface area (Å²) < 4.78 is 7.42. The lowest BCUT2D eigenvalue weighted by Crippen LogP contribution is -2.23. The molecule has 0 amide bonds. The minimum atomic E-state index is 0.0245. The molecule has 1 aliphatic rings. The highest BCUT2D eigenvalue weighted by atomic mass is 16.5. The van der Waals surface area contributed by atoms with E-state index >= 15 is 0 Å². The van der Waals surface area contributed by atoms with Crippen LogP contribution in [0.15, 0.2) is 11.8 Å². The number of rotatable bonds is 4. The number of aromatic nitrogens is 2. The van der Waals surface area contributed by atoms with Crippen molar-refractivity contribution in [2.75, 3.05) is 6.61 Å². The van der Waals surface area contributed by atoms with Crippen LogP contribution in [0.5, 0.6) is 0 Å². The predicted molar refractivity (Wildman–Crippen MR) is 67.6 cm³/mol. The van der Waals surface area contributed by atoms with Gasteiger partial charge in [-0.3, -0.25) is 4.68 Å². The molecule has 94 valence electrons. The fourth-order valence-corrected chi connectivity index (χ4v) is 2.32. The van der Waals surface area contributed by atoms with Gasteiger partial charge in [0.2, 0.25) is 0 Å². The van der Waals surface area contributed by atoms with Crippen LogP contribution in [0.2, 0.25) is 0 Å². The number of ether oxygens (including phenoxy) is 1. The Morgan fingerprint density at radius 1 is 1.53 bits per heavy atom. The van der Waals surface area contributed by atoms with Crippen molar-refractivity contribution < 1.29 is 4.74 Å². The van der Waals surface area contributed by atoms with Gasteiger partial charge in [0.25, 0.3) is 0 Å². The molecule has 2 heterocycles. The third kappa shape index (κ3) is 2.52. The molecule has 1 aromatic heterocycles. The molecule has 0 saturated heterocycles. The first-order chi connectivity index (χ1) is 8.09. The van der Waals surface area contributed by atoms with Gasteiger partial charge in [0.1, 0.15) is 5.76 Å². The van der Waals surface area contributed by atoms with Gasteiger partial charge in [-0.05, 0) is 38.3 Å². The maximum atomic E-state index is 6.11. The number of nitrogens with two attached hydrogens (primary N) is 1. The third-order valence-electron chi connectivity index (χ3n) is 3.46. The Morgan fingerprint density at radius 3 is 2.82 bits per heavy atom. The number of hydrogen-bond acceptors (Lipinski definition) is 3. The monoisotopic (exact) mass is 235 g/mol. The lowest BCUT2D eigenvalue weighted by atomic mass is 10.0. The third-order valence-corrected chi connectivity index (χ3v) is 3.46. The van der Waals surface area contributed by atoms with Gasteiger partial charge < -0.3 is 10.5 Å². The van der Waals surface area contributed by atoms with Crippen LogP contribution in [0.4, 0.5) is 0 Å². The zero-order valence-electron chi connectivity index (χ0n) is 10.9. The summed E-state index contributed by atoms with van der Waals surface area (Å²) in [6, 6.07) is 0.0245. The first-order valence-electron chi connectivity index (χ1n) is 6.17. The molecule has 0 fully saturated rings. The summed E-state index contributed by atoms with van der Waals surface area (Å²) in [5.74, 6) is 0.962. The average molecular weight is 235 g/mol. The number of nitrogens with zero attached hydrogens (tertiary/aromatic N) is 2. The van der Waals surface area contributed by atoms with E-state index in [0.717, 1.165) is 37.3 Å². The van der Waals surface area contributed by atoms with Crippen LogP contribution in [0.25, 0.3) is 0 Å². The summed E-state index contributed by atoms with van der Waals surface area (Å²) in [5.41, 5.74) is 9.78. The van der Waals surface area contributed by atoms with Gasteiger partial charge >= 0.3 is 0 Å². The van der Waals surface area contributed by atoms with E-state index in [2.05, 4.69) is 25.0 Å². The molecule has 4 heteroatoms. The highest BCUT2D eigenvalue weighted by Crippen LogP contribution is 2.19. The molecular weight excluding hydrogens is 214 g/mol. The molecule has 0 aromatic carbocycles. The minimum Gasteiger partial charge on any atom is -0.496 e. The molecule has 4 nitrogen and oxygen atoms in total. The quantitative estimate of drug-likeness (QED) is 0.862. The Morgan fingerprint density at radius 2 is 2.29 bits per heavy atom. The smallest absolute Gasteiger partial charge is 0.109 e. The molecule has 1 atom stereocenters. The Kier molecular flexibility index (Phi) is 3.52. The summed E-state index contributed by atoms with van der Waals surface area (Å²) >= 11 is 0. The second-order valence-corrected chi connectivity index (χ2v) is 4.66. The van der Waals surface area contributed by atoms with Crippen molar-refractivity contribution in [3.8, 4) is 0 Å². The maximum Gasteiger partial charge on any atom is 0.109 e. The molecule has 0 saturated carbocycles. The lowest BCUT2D eigenvalue weighted by molar-refractivity contribution is 0.222. The first kappa shape index (κ1) is 12.2. The normalized spacial score (nSPS) is 16.8. The minimum absolute atomic E-state index is 0.0245. The number of hydrogen-bond donors (Lipinski definition) is 1. The summed E-state index contributed by atoms with van der Waals surface area (Å²) in [6.45, 7) is 4.94. The molecule has 17 heavy (non-hydrogen) atoms. The fraction of sp³-hybridized carbons (Fsp3) is 0.615. The predicted octanol–water partition coefficient (Wildman–Crippen LogP) is 1.60. The van der Waals surface area contributed by atoms with E-state index in [1.54, 1.807) is 0 Å². The van der Waals surface area contributed by atoms with Crippen LogP contribution in [0.1, 0.15) is 29.8 Å². The van der Waals surface area contributed by atoms with Crippen molar-refractivity contribution in [3.63, 3.8) is 0 Å². The van der Waals surface area contributed by atoms with Crippen LogP contribution in [-0.4, -0.2) is 22.4 Å². The molecule has 1 aromatic rings. The second kappa shape index (κ2) is 4.92. The molecule has 2 N–H and O–H groups in total. The fourth-order valence-electron chi connectivity index (χ4n) is 2.32. The number of aryl methyl sites for hydroxylation is 2. The largest absolute Gasteiger partial charge is 0.496 e. The molecule has 2 rings (SSSR count). The highest BCUT2D eigenvalue weighted by molar-refractivity contribution is 5.25. The van der Waals surface area contributed by atoms with Gasteiger partial charge in [0.05, 0.1) is 18.3 Å². The van der Waals surface area contributed by atoms with Crippen molar-refractivity contribution in [2.45, 2.75) is 39.2 Å². The average Bonchev–Trinajstić information content (AvgIpc) is 2.88. The van der Waals surface area contributed by atoms with Crippen molar-refractivity contribution in [1.82, 2.24) is 9.78 Å². The van der Waals surface area contributed by atoms with Gasteiger partial charge in [-0.15, -0.1) is 0 Å². The maximum absolute atomic E-state index is 6.11. The van der Waals surface area contributed by atoms with E-state index < -0.39 is 0 Å². The zero-order chi connectivity index (χ0) is 12.4. The molecule has 1 aliphatic heterocycles. The van der Waals surface area contributed by atoms with Crippen LogP contribution in [-0.2, 0) is 18.2 Å². The first-order valence-corrected chi connectivity index (χ1v) is 6.17. The molecule has 0 spiro atoms. The van der Waals surface area contributed by atoms with Gasteiger partial charge in [-0.25, -0.2) is 0 Å². The lowest BCUT2D eigenvalue weighted by Gasteiger charge is -2.13. The van der Waals surface area contributed by atoms with Gasteiger partial charge in [0, 0.05) is 19.2 Å². The summed E-state index contributed by atoms with van der Waals surface area (Å²) in [4.78, 5) is 0. The Balaban J connectivity index is 1.97.